The van der Waals surface area contributed by atoms with Crippen LogP contribution in [0.2, 0.25) is 0 Å². The molecule has 0 aliphatic carbocycles. The molecule has 0 spiro atoms. The van der Waals surface area contributed by atoms with Gasteiger partial charge in [0.25, 0.3) is 5.56 Å². The van der Waals surface area contributed by atoms with Crippen molar-refractivity contribution in [3.8, 4) is 10.4 Å². The summed E-state index contributed by atoms with van der Waals surface area (Å²) in [5.41, 5.74) is 2.66. The third-order valence-corrected chi connectivity index (χ3v) is 5.18. The summed E-state index contributed by atoms with van der Waals surface area (Å²) < 4.78 is 2.02. The normalized spacial score (nSPS) is 25.1. The van der Waals surface area contributed by atoms with Crippen LogP contribution in [0.3, 0.4) is 0 Å². The Morgan fingerprint density at radius 2 is 2.21 bits per heavy atom. The summed E-state index contributed by atoms with van der Waals surface area (Å²) in [6, 6.07) is 7.96. The van der Waals surface area contributed by atoms with Crippen LogP contribution in [0, 0.1) is 5.92 Å². The SMILES string of the molecule is O=c1ccc(-c2cccs2)c2n1C[C@@H]1CNC[C@@H]2C1. The third kappa shape index (κ3) is 1.78. The average molecular weight is 272 g/mol. The number of rotatable bonds is 1. The molecule has 4 heteroatoms. The van der Waals surface area contributed by atoms with E-state index in [-0.39, 0.29) is 5.56 Å². The van der Waals surface area contributed by atoms with Gasteiger partial charge in [-0.05, 0) is 36.4 Å². The molecule has 98 valence electrons. The topological polar surface area (TPSA) is 34.0 Å². The lowest BCUT2D eigenvalue weighted by Crippen LogP contribution is -2.45. The van der Waals surface area contributed by atoms with E-state index in [9.17, 15) is 4.79 Å². The van der Waals surface area contributed by atoms with Crippen molar-refractivity contribution in [1.82, 2.24) is 9.88 Å². The lowest BCUT2D eigenvalue weighted by Gasteiger charge is -2.38. The van der Waals surface area contributed by atoms with Crippen molar-refractivity contribution in [2.75, 3.05) is 13.1 Å². The number of aromatic nitrogens is 1. The molecule has 2 aliphatic heterocycles. The Balaban J connectivity index is 1.95. The van der Waals surface area contributed by atoms with Gasteiger partial charge in [-0.3, -0.25) is 4.79 Å². The quantitative estimate of drug-likeness (QED) is 0.864. The van der Waals surface area contributed by atoms with E-state index >= 15 is 0 Å². The van der Waals surface area contributed by atoms with E-state index in [0.717, 1.165) is 19.6 Å². The molecule has 1 fully saturated rings. The number of nitrogens with zero attached hydrogens (tertiary/aromatic N) is 1. The number of fused-ring (bicyclic) bond motifs is 4. The molecule has 19 heavy (non-hydrogen) atoms. The van der Waals surface area contributed by atoms with Crippen molar-refractivity contribution in [2.24, 2.45) is 5.92 Å². The van der Waals surface area contributed by atoms with Crippen LogP contribution in [-0.2, 0) is 6.54 Å². The molecule has 1 saturated heterocycles. The highest BCUT2D eigenvalue weighted by molar-refractivity contribution is 7.13. The van der Waals surface area contributed by atoms with E-state index < -0.39 is 0 Å². The molecule has 2 aromatic rings. The van der Waals surface area contributed by atoms with Gasteiger partial charge in [0.05, 0.1) is 0 Å². The number of piperidine rings is 1. The maximum Gasteiger partial charge on any atom is 0.250 e. The highest BCUT2D eigenvalue weighted by Gasteiger charge is 2.32. The van der Waals surface area contributed by atoms with Crippen LogP contribution in [-0.4, -0.2) is 17.7 Å². The number of nitrogens with one attached hydrogen (secondary N) is 1. The molecule has 2 bridgehead atoms. The van der Waals surface area contributed by atoms with Crippen molar-refractivity contribution < 1.29 is 0 Å². The zero-order chi connectivity index (χ0) is 12.8. The van der Waals surface area contributed by atoms with Gasteiger partial charge in [0.2, 0.25) is 0 Å². The first-order chi connectivity index (χ1) is 9.33. The van der Waals surface area contributed by atoms with Crippen LogP contribution in [0.4, 0.5) is 0 Å². The molecule has 0 radical (unpaired) electrons. The van der Waals surface area contributed by atoms with Crippen molar-refractivity contribution >= 4 is 11.3 Å². The first-order valence-corrected chi connectivity index (χ1v) is 7.69. The second-order valence-corrected chi connectivity index (χ2v) is 6.46. The summed E-state index contributed by atoms with van der Waals surface area (Å²) in [7, 11) is 0. The van der Waals surface area contributed by atoms with Gasteiger partial charge in [0.1, 0.15) is 0 Å². The van der Waals surface area contributed by atoms with Gasteiger partial charge in [0.15, 0.2) is 0 Å². The zero-order valence-electron chi connectivity index (χ0n) is 10.6. The van der Waals surface area contributed by atoms with Gasteiger partial charge in [-0.25, -0.2) is 0 Å². The van der Waals surface area contributed by atoms with E-state index in [1.54, 1.807) is 17.4 Å². The Morgan fingerprint density at radius 3 is 3.05 bits per heavy atom. The average Bonchev–Trinajstić information content (AvgIpc) is 2.94. The molecule has 1 N–H and O–H groups in total. The Morgan fingerprint density at radius 1 is 1.26 bits per heavy atom. The van der Waals surface area contributed by atoms with Crippen LogP contribution >= 0.6 is 11.3 Å². The van der Waals surface area contributed by atoms with Gasteiger partial charge >= 0.3 is 0 Å². The van der Waals surface area contributed by atoms with Crippen LogP contribution in [0.1, 0.15) is 18.0 Å². The first kappa shape index (κ1) is 11.4. The molecule has 2 aromatic heterocycles. The molecule has 2 aliphatic rings. The molecule has 3 nitrogen and oxygen atoms in total. The zero-order valence-corrected chi connectivity index (χ0v) is 11.5. The third-order valence-electron chi connectivity index (χ3n) is 4.28. The molecule has 0 amide bonds. The first-order valence-electron chi connectivity index (χ1n) is 6.81. The van der Waals surface area contributed by atoms with Gasteiger partial charge in [-0.1, -0.05) is 6.07 Å². The number of thiophene rings is 1. The van der Waals surface area contributed by atoms with E-state index in [2.05, 4.69) is 22.8 Å². The molecule has 4 rings (SSSR count). The largest absolute Gasteiger partial charge is 0.316 e. The molecule has 0 unspecified atom stereocenters. The van der Waals surface area contributed by atoms with Crippen LogP contribution < -0.4 is 10.9 Å². The van der Waals surface area contributed by atoms with Crippen molar-refractivity contribution in [3.63, 3.8) is 0 Å². The molecular weight excluding hydrogens is 256 g/mol. The van der Waals surface area contributed by atoms with Crippen LogP contribution in [0.25, 0.3) is 10.4 Å². The number of pyridine rings is 1. The molecule has 4 heterocycles. The lowest BCUT2D eigenvalue weighted by molar-refractivity contribution is 0.258. The highest BCUT2D eigenvalue weighted by atomic mass is 32.1. The fourth-order valence-electron chi connectivity index (χ4n) is 3.50. The predicted octanol–water partition coefficient (Wildman–Crippen LogP) is 2.28. The molecule has 2 atom stereocenters. The van der Waals surface area contributed by atoms with Crippen molar-refractivity contribution in [3.05, 3.63) is 45.7 Å². The highest BCUT2D eigenvalue weighted by Crippen LogP contribution is 2.38. The number of hydrogen-bond acceptors (Lipinski definition) is 3. The standard InChI is InChI=1S/C15H16N2OS/c18-14-4-3-12(13-2-1-5-19-13)15-11-6-10(7-16-8-11)9-17(14)15/h1-5,10-11,16H,6-9H2/t10-,11-/m0/s1. The summed E-state index contributed by atoms with van der Waals surface area (Å²) in [5, 5.41) is 5.61. The predicted molar refractivity (Wildman–Crippen MR) is 77.7 cm³/mol. The van der Waals surface area contributed by atoms with E-state index in [4.69, 9.17) is 0 Å². The maximum atomic E-state index is 12.2. The second kappa shape index (κ2) is 4.32. The summed E-state index contributed by atoms with van der Waals surface area (Å²) in [5.74, 6) is 1.10. The maximum absolute atomic E-state index is 12.2. The summed E-state index contributed by atoms with van der Waals surface area (Å²) in [4.78, 5) is 13.4. The molecule has 0 saturated carbocycles. The van der Waals surface area contributed by atoms with Gasteiger partial charge in [-0.2, -0.15) is 0 Å². The fraction of sp³-hybridized carbons (Fsp3) is 0.400. The van der Waals surface area contributed by atoms with Crippen LogP contribution in [0.15, 0.2) is 34.4 Å². The summed E-state index contributed by atoms with van der Waals surface area (Å²) >= 11 is 1.75. The Hall–Kier alpha value is -1.39. The van der Waals surface area contributed by atoms with E-state index in [1.165, 1.54) is 22.6 Å². The Kier molecular flexibility index (Phi) is 2.60. The molecule has 0 aromatic carbocycles. The summed E-state index contributed by atoms with van der Waals surface area (Å²) in [6.07, 6.45) is 1.22. The van der Waals surface area contributed by atoms with Crippen molar-refractivity contribution in [1.29, 1.82) is 0 Å². The minimum absolute atomic E-state index is 0.159. The van der Waals surface area contributed by atoms with Gasteiger partial charge < -0.3 is 9.88 Å². The second-order valence-electron chi connectivity index (χ2n) is 5.52. The Labute approximate surface area is 115 Å². The monoisotopic (exact) mass is 272 g/mol. The minimum atomic E-state index is 0.159. The van der Waals surface area contributed by atoms with E-state index in [0.29, 0.717) is 11.8 Å². The Bertz CT molecular complexity index is 659. The smallest absolute Gasteiger partial charge is 0.250 e. The van der Waals surface area contributed by atoms with Crippen LogP contribution in [0.5, 0.6) is 0 Å². The minimum Gasteiger partial charge on any atom is -0.316 e. The fourth-order valence-corrected chi connectivity index (χ4v) is 4.26. The molecular formula is C15H16N2OS. The van der Waals surface area contributed by atoms with E-state index in [1.807, 2.05) is 10.6 Å². The van der Waals surface area contributed by atoms with Gasteiger partial charge in [-0.15, -0.1) is 11.3 Å². The summed E-state index contributed by atoms with van der Waals surface area (Å²) in [6.45, 7) is 2.92. The lowest BCUT2D eigenvalue weighted by atomic mass is 9.82. The van der Waals surface area contributed by atoms with Crippen molar-refractivity contribution in [2.45, 2.75) is 18.9 Å². The number of hydrogen-bond donors (Lipinski definition) is 1. The van der Waals surface area contributed by atoms with Gasteiger partial charge in [0, 0.05) is 41.2 Å².